The predicted molar refractivity (Wildman–Crippen MR) is 75.4 cm³/mol. The van der Waals surface area contributed by atoms with E-state index >= 15 is 0 Å². The number of H-pyrrole nitrogens is 1. The number of nitrogen functional groups attached to an aromatic ring is 1. The van der Waals surface area contributed by atoms with Crippen molar-refractivity contribution in [3.63, 3.8) is 0 Å². The molecule has 0 spiro atoms. The number of nitro benzene ring substituents is 1. The summed E-state index contributed by atoms with van der Waals surface area (Å²) in [6.45, 7) is 2.04. The van der Waals surface area contributed by atoms with Crippen molar-refractivity contribution in [2.45, 2.75) is 13.5 Å². The lowest BCUT2D eigenvalue weighted by atomic mass is 10.1. The van der Waals surface area contributed by atoms with Gasteiger partial charge in [0.05, 0.1) is 11.1 Å². The van der Waals surface area contributed by atoms with Crippen molar-refractivity contribution in [1.82, 2.24) is 15.5 Å². The Balaban J connectivity index is 2.21. The average Bonchev–Trinajstić information content (AvgIpc) is 2.89. The van der Waals surface area contributed by atoms with E-state index in [0.717, 1.165) is 11.3 Å². The first-order valence-corrected chi connectivity index (χ1v) is 6.05. The third-order valence-electron chi connectivity index (χ3n) is 2.98. The van der Waals surface area contributed by atoms with Crippen molar-refractivity contribution in [3.8, 4) is 0 Å². The van der Waals surface area contributed by atoms with Crippen LogP contribution in [0.1, 0.15) is 21.6 Å². The molecule has 0 atom stereocenters. The number of hydrogen-bond acceptors (Lipinski definition) is 6. The monoisotopic (exact) mass is 290 g/mol. The number of hydrazine groups is 1. The van der Waals surface area contributed by atoms with E-state index in [0.29, 0.717) is 5.69 Å². The van der Waals surface area contributed by atoms with Gasteiger partial charge in [0.25, 0.3) is 11.6 Å². The van der Waals surface area contributed by atoms with E-state index in [2.05, 4.69) is 20.9 Å². The number of benzene rings is 1. The lowest BCUT2D eigenvalue weighted by molar-refractivity contribution is -0.385. The first-order chi connectivity index (χ1) is 10.0. The molecule has 0 bridgehead atoms. The van der Waals surface area contributed by atoms with E-state index in [1.807, 2.05) is 6.92 Å². The van der Waals surface area contributed by atoms with Crippen LogP contribution in [-0.4, -0.2) is 21.0 Å². The molecule has 1 amide bonds. The molecule has 0 aliphatic heterocycles. The van der Waals surface area contributed by atoms with Gasteiger partial charge < -0.3 is 10.7 Å². The average molecular weight is 290 g/mol. The Morgan fingerprint density at radius 3 is 2.86 bits per heavy atom. The van der Waals surface area contributed by atoms with Gasteiger partial charge >= 0.3 is 0 Å². The van der Waals surface area contributed by atoms with Crippen molar-refractivity contribution in [3.05, 3.63) is 51.3 Å². The largest absolute Gasteiger partial charge is 0.348 e. The maximum atomic E-state index is 12.1. The molecule has 5 N–H and O–H groups in total. The third kappa shape index (κ3) is 3.15. The maximum Gasteiger partial charge on any atom is 0.282 e. The molecule has 0 fully saturated rings. The highest BCUT2D eigenvalue weighted by atomic mass is 16.6. The van der Waals surface area contributed by atoms with E-state index in [-0.39, 0.29) is 17.8 Å². The summed E-state index contributed by atoms with van der Waals surface area (Å²) in [7, 11) is 0. The molecule has 0 aliphatic carbocycles. The molecule has 1 aromatic heterocycles. The molecule has 0 aliphatic rings. The number of aromatic amines is 1. The Morgan fingerprint density at radius 2 is 2.29 bits per heavy atom. The molecule has 2 rings (SSSR count). The fourth-order valence-corrected chi connectivity index (χ4v) is 1.79. The van der Waals surface area contributed by atoms with Crippen LogP contribution < -0.4 is 16.6 Å². The van der Waals surface area contributed by atoms with Crippen LogP contribution in [0.3, 0.4) is 0 Å². The van der Waals surface area contributed by atoms with E-state index in [4.69, 9.17) is 5.84 Å². The van der Waals surface area contributed by atoms with Gasteiger partial charge in [0.2, 0.25) is 0 Å². The van der Waals surface area contributed by atoms with Gasteiger partial charge in [-0.15, -0.1) is 0 Å². The van der Waals surface area contributed by atoms with Gasteiger partial charge in [-0.3, -0.25) is 25.9 Å². The zero-order valence-electron chi connectivity index (χ0n) is 11.2. The molecule has 1 aromatic carbocycles. The fourth-order valence-electron chi connectivity index (χ4n) is 1.79. The smallest absolute Gasteiger partial charge is 0.282 e. The number of carbonyl (C=O) groups excluding carboxylic acids is 1. The number of rotatable bonds is 5. The van der Waals surface area contributed by atoms with E-state index < -0.39 is 10.8 Å². The van der Waals surface area contributed by atoms with Gasteiger partial charge in [0.1, 0.15) is 5.56 Å². The molecule has 9 heteroatoms. The minimum Gasteiger partial charge on any atom is -0.348 e. The Morgan fingerprint density at radius 1 is 1.52 bits per heavy atom. The predicted octanol–water partition coefficient (Wildman–Crippen LogP) is 0.842. The summed E-state index contributed by atoms with van der Waals surface area (Å²) in [5.74, 6) is 4.70. The molecular weight excluding hydrogens is 276 g/mol. The van der Waals surface area contributed by atoms with Crippen molar-refractivity contribution < 1.29 is 9.72 Å². The molecule has 21 heavy (non-hydrogen) atoms. The topological polar surface area (TPSA) is 139 Å². The summed E-state index contributed by atoms with van der Waals surface area (Å²) in [5.41, 5.74) is 4.04. The van der Waals surface area contributed by atoms with Crippen molar-refractivity contribution in [1.29, 1.82) is 0 Å². The molecule has 110 valence electrons. The Kier molecular flexibility index (Phi) is 4.14. The van der Waals surface area contributed by atoms with Crippen LogP contribution in [0.5, 0.6) is 0 Å². The van der Waals surface area contributed by atoms with Crippen LogP contribution in [0.25, 0.3) is 0 Å². The maximum absolute atomic E-state index is 12.1. The molecule has 0 saturated carbocycles. The van der Waals surface area contributed by atoms with E-state index in [1.165, 1.54) is 18.2 Å². The van der Waals surface area contributed by atoms with Crippen LogP contribution >= 0.6 is 0 Å². The number of anilines is 1. The first-order valence-electron chi connectivity index (χ1n) is 6.05. The van der Waals surface area contributed by atoms with Crippen molar-refractivity contribution in [2.75, 3.05) is 5.43 Å². The number of nitrogens with zero attached hydrogens (tertiary/aromatic N) is 2. The highest BCUT2D eigenvalue weighted by Crippen LogP contribution is 2.22. The minimum atomic E-state index is -0.613. The molecular formula is C12H14N6O3. The Labute approximate surface area is 119 Å². The minimum absolute atomic E-state index is 0.0587. The van der Waals surface area contributed by atoms with Crippen LogP contribution in [0.4, 0.5) is 11.4 Å². The molecule has 0 saturated heterocycles. The number of nitrogens with one attached hydrogen (secondary N) is 3. The fraction of sp³-hybridized carbons (Fsp3) is 0.167. The van der Waals surface area contributed by atoms with Gasteiger partial charge in [-0.25, -0.2) is 0 Å². The number of amides is 1. The normalized spacial score (nSPS) is 10.2. The second-order valence-electron chi connectivity index (χ2n) is 4.34. The number of nitrogens with two attached hydrogens (primary N) is 1. The van der Waals surface area contributed by atoms with Gasteiger partial charge in [-0.05, 0) is 19.1 Å². The summed E-state index contributed by atoms with van der Waals surface area (Å²) in [6, 6.07) is 3.98. The van der Waals surface area contributed by atoms with Crippen molar-refractivity contribution >= 4 is 17.3 Å². The second kappa shape index (κ2) is 6.01. The number of hydrogen-bond donors (Lipinski definition) is 4. The lowest BCUT2D eigenvalue weighted by Crippen LogP contribution is -2.24. The summed E-state index contributed by atoms with van der Waals surface area (Å²) >= 11 is 0. The molecule has 2 aromatic rings. The van der Waals surface area contributed by atoms with Crippen LogP contribution in [-0.2, 0) is 6.54 Å². The van der Waals surface area contributed by atoms with Crippen molar-refractivity contribution in [2.24, 2.45) is 5.84 Å². The van der Waals surface area contributed by atoms with Gasteiger partial charge in [-0.1, -0.05) is 0 Å². The number of nitro groups is 1. The number of aromatic nitrogens is 2. The Bertz CT molecular complexity index is 681. The van der Waals surface area contributed by atoms with Gasteiger partial charge in [0, 0.05) is 29.6 Å². The summed E-state index contributed by atoms with van der Waals surface area (Å²) in [4.78, 5) is 22.5. The zero-order valence-corrected chi connectivity index (χ0v) is 11.2. The highest BCUT2D eigenvalue weighted by Gasteiger charge is 2.20. The lowest BCUT2D eigenvalue weighted by Gasteiger charge is -2.07. The van der Waals surface area contributed by atoms with Crippen LogP contribution in [0, 0.1) is 17.0 Å². The van der Waals surface area contributed by atoms with E-state index in [1.54, 1.807) is 6.20 Å². The third-order valence-corrected chi connectivity index (χ3v) is 2.98. The standard InChI is InChI=1S/C12H14N6O3/c1-7-8(6-15-17-7)5-14-12(19)10-4-9(16-13)2-3-11(10)18(20)21/h2-4,6,16H,5,13H2,1H3,(H,14,19)(H,15,17). The summed E-state index contributed by atoms with van der Waals surface area (Å²) < 4.78 is 0. The second-order valence-corrected chi connectivity index (χ2v) is 4.34. The zero-order chi connectivity index (χ0) is 15.4. The summed E-state index contributed by atoms with van der Waals surface area (Å²) in [6.07, 6.45) is 1.59. The SMILES string of the molecule is Cc1[nH]ncc1CNC(=O)c1cc(NN)ccc1[N+](=O)[O-]. The van der Waals surface area contributed by atoms with Gasteiger partial charge in [-0.2, -0.15) is 5.10 Å². The Hall–Kier alpha value is -2.94. The van der Waals surface area contributed by atoms with Crippen LogP contribution in [0.15, 0.2) is 24.4 Å². The first kappa shape index (κ1) is 14.5. The highest BCUT2D eigenvalue weighted by molar-refractivity contribution is 5.99. The molecule has 1 heterocycles. The van der Waals surface area contributed by atoms with Gasteiger partial charge in [0.15, 0.2) is 0 Å². The molecule has 0 radical (unpaired) electrons. The number of aryl methyl sites for hydroxylation is 1. The summed E-state index contributed by atoms with van der Waals surface area (Å²) in [5, 5.41) is 20.2. The molecule has 0 unspecified atom stereocenters. The quantitative estimate of drug-likeness (QED) is 0.365. The van der Waals surface area contributed by atoms with E-state index in [9.17, 15) is 14.9 Å². The molecule has 9 nitrogen and oxygen atoms in total. The van der Waals surface area contributed by atoms with Crippen LogP contribution in [0.2, 0.25) is 0 Å². The number of carbonyl (C=O) groups is 1.